The van der Waals surface area contributed by atoms with Crippen molar-refractivity contribution in [3.8, 4) is 0 Å². The van der Waals surface area contributed by atoms with Gasteiger partial charge in [-0.15, -0.1) is 5.10 Å². The lowest BCUT2D eigenvalue weighted by Crippen LogP contribution is -2.41. The van der Waals surface area contributed by atoms with Gasteiger partial charge in [-0.2, -0.15) is 0 Å². The quantitative estimate of drug-likeness (QED) is 0.433. The molecule has 0 spiro atoms. The van der Waals surface area contributed by atoms with Crippen LogP contribution in [0.2, 0.25) is 0 Å². The van der Waals surface area contributed by atoms with E-state index in [2.05, 4.69) is 15.6 Å². The minimum atomic E-state index is -1.17. The highest BCUT2D eigenvalue weighted by Crippen LogP contribution is 1.94. The van der Waals surface area contributed by atoms with E-state index in [9.17, 15) is 14.4 Å². The number of aliphatic carboxylic acids is 2. The van der Waals surface area contributed by atoms with Gasteiger partial charge in [0.25, 0.3) is 0 Å². The van der Waals surface area contributed by atoms with Crippen molar-refractivity contribution in [3.05, 3.63) is 11.9 Å². The fourth-order valence-electron chi connectivity index (χ4n) is 1.22. The van der Waals surface area contributed by atoms with Gasteiger partial charge in [-0.3, -0.25) is 14.4 Å². The summed E-state index contributed by atoms with van der Waals surface area (Å²) >= 11 is 0. The molecule has 1 rings (SSSR count). The summed E-state index contributed by atoms with van der Waals surface area (Å²) in [5, 5.41) is 26.5. The van der Waals surface area contributed by atoms with Crippen LogP contribution in [0.3, 0.4) is 0 Å². The van der Waals surface area contributed by atoms with Gasteiger partial charge in [0.15, 0.2) is 0 Å². The fraction of sp³-hybridized carbons (Fsp3) is 0.444. The Morgan fingerprint density at radius 3 is 2.63 bits per heavy atom. The van der Waals surface area contributed by atoms with Gasteiger partial charge in [-0.05, 0) is 0 Å². The number of carboxylic acid groups (broad SMARTS) is 2. The average Bonchev–Trinajstić information content (AvgIpc) is 2.71. The zero-order chi connectivity index (χ0) is 14.4. The molecular formula is C9H13N5O5. The number of carbonyl (C=O) groups is 3. The molecule has 10 nitrogen and oxygen atoms in total. The van der Waals surface area contributed by atoms with Crippen LogP contribution in [0.5, 0.6) is 0 Å². The van der Waals surface area contributed by atoms with Crippen LogP contribution in [0.15, 0.2) is 6.20 Å². The smallest absolute Gasteiger partial charge is 0.325 e. The van der Waals surface area contributed by atoms with E-state index >= 15 is 0 Å². The van der Waals surface area contributed by atoms with E-state index in [1.807, 2.05) is 0 Å². The first-order chi connectivity index (χ1) is 8.88. The van der Waals surface area contributed by atoms with Crippen LogP contribution in [-0.4, -0.2) is 49.1 Å². The maximum Gasteiger partial charge on any atom is 0.325 e. The third-order valence-corrected chi connectivity index (χ3v) is 2.06. The molecule has 1 atom stereocenters. The van der Waals surface area contributed by atoms with E-state index in [1.165, 1.54) is 6.20 Å². The second-order valence-corrected chi connectivity index (χ2v) is 3.72. The molecule has 1 amide bonds. The average molecular weight is 271 g/mol. The molecule has 0 bridgehead atoms. The summed E-state index contributed by atoms with van der Waals surface area (Å²) < 4.78 is 1.10. The summed E-state index contributed by atoms with van der Waals surface area (Å²) in [7, 11) is 0. The zero-order valence-electron chi connectivity index (χ0n) is 9.81. The molecule has 0 aliphatic carbocycles. The molecular weight excluding hydrogens is 258 g/mol. The van der Waals surface area contributed by atoms with Gasteiger partial charge in [0.2, 0.25) is 5.91 Å². The number of hydrogen-bond donors (Lipinski definition) is 4. The second-order valence-electron chi connectivity index (χ2n) is 3.72. The maximum atomic E-state index is 11.4. The van der Waals surface area contributed by atoms with Gasteiger partial charge in [0.05, 0.1) is 25.2 Å². The topological polar surface area (TPSA) is 160 Å². The third-order valence-electron chi connectivity index (χ3n) is 2.06. The van der Waals surface area contributed by atoms with Crippen LogP contribution in [0, 0.1) is 0 Å². The number of nitrogens with zero attached hydrogens (tertiary/aromatic N) is 3. The van der Waals surface area contributed by atoms with Gasteiger partial charge >= 0.3 is 11.9 Å². The minimum Gasteiger partial charge on any atom is -0.481 e. The van der Waals surface area contributed by atoms with E-state index in [4.69, 9.17) is 15.9 Å². The molecule has 0 saturated carbocycles. The van der Waals surface area contributed by atoms with Crippen molar-refractivity contribution >= 4 is 17.8 Å². The maximum absolute atomic E-state index is 11.4. The Hall–Kier alpha value is -2.49. The van der Waals surface area contributed by atoms with Gasteiger partial charge in [-0.1, -0.05) is 5.21 Å². The molecule has 0 aromatic carbocycles. The Bertz CT molecular complexity index is 485. The van der Waals surface area contributed by atoms with Crippen LogP contribution < -0.4 is 11.1 Å². The Morgan fingerprint density at radius 1 is 1.37 bits per heavy atom. The Morgan fingerprint density at radius 2 is 2.05 bits per heavy atom. The van der Waals surface area contributed by atoms with Crippen molar-refractivity contribution in [2.75, 3.05) is 0 Å². The van der Waals surface area contributed by atoms with Crippen molar-refractivity contribution in [1.82, 2.24) is 20.3 Å². The number of amides is 1. The molecule has 1 heterocycles. The highest BCUT2D eigenvalue weighted by Gasteiger charge is 2.17. The van der Waals surface area contributed by atoms with Gasteiger partial charge in [0, 0.05) is 0 Å². The SMILES string of the molecule is NC(CC(=O)O)C(=O)NCc1cn(CC(=O)O)nn1. The first-order valence-corrected chi connectivity index (χ1v) is 5.24. The standard InChI is InChI=1S/C9H13N5O5/c10-6(1-7(15)16)9(19)11-2-5-3-14(13-12-5)4-8(17)18/h3,6H,1-2,4,10H2,(H,11,19)(H,15,16)(H,17,18). The van der Waals surface area contributed by atoms with E-state index in [1.54, 1.807) is 0 Å². The number of carbonyl (C=O) groups excluding carboxylic acids is 1. The van der Waals surface area contributed by atoms with E-state index in [0.29, 0.717) is 5.69 Å². The largest absolute Gasteiger partial charge is 0.481 e. The number of hydrogen-bond acceptors (Lipinski definition) is 6. The molecule has 0 aliphatic rings. The molecule has 1 unspecified atom stereocenters. The first-order valence-electron chi connectivity index (χ1n) is 5.24. The molecule has 104 valence electrons. The predicted octanol–water partition coefficient (Wildman–Crippen LogP) is -2.22. The van der Waals surface area contributed by atoms with Gasteiger partial charge in [-0.25, -0.2) is 4.68 Å². The Labute approximate surface area is 107 Å². The third kappa shape index (κ3) is 5.12. The molecule has 19 heavy (non-hydrogen) atoms. The highest BCUT2D eigenvalue weighted by atomic mass is 16.4. The second kappa shape index (κ2) is 6.44. The normalized spacial score (nSPS) is 11.8. The molecule has 0 aliphatic heterocycles. The molecule has 10 heteroatoms. The molecule has 1 aromatic rings. The van der Waals surface area contributed by atoms with Crippen LogP contribution in [-0.2, 0) is 27.5 Å². The summed E-state index contributed by atoms with van der Waals surface area (Å²) in [4.78, 5) is 32.1. The summed E-state index contributed by atoms with van der Waals surface area (Å²) in [6.45, 7) is -0.342. The summed E-state index contributed by atoms with van der Waals surface area (Å²) in [5.41, 5.74) is 5.69. The van der Waals surface area contributed by atoms with Crippen LogP contribution >= 0.6 is 0 Å². The molecule has 0 radical (unpaired) electrons. The minimum absolute atomic E-state index is 0.00816. The van der Waals surface area contributed by atoms with Crippen LogP contribution in [0.4, 0.5) is 0 Å². The highest BCUT2D eigenvalue weighted by molar-refractivity contribution is 5.85. The fourth-order valence-corrected chi connectivity index (χ4v) is 1.22. The Balaban J connectivity index is 2.43. The van der Waals surface area contributed by atoms with E-state index in [0.717, 1.165) is 4.68 Å². The summed E-state index contributed by atoms with van der Waals surface area (Å²) in [6.07, 6.45) is 0.884. The number of aromatic nitrogens is 3. The van der Waals surface area contributed by atoms with Crippen molar-refractivity contribution in [2.24, 2.45) is 5.73 Å². The van der Waals surface area contributed by atoms with Gasteiger partial charge < -0.3 is 21.3 Å². The van der Waals surface area contributed by atoms with Crippen LogP contribution in [0.1, 0.15) is 12.1 Å². The lowest BCUT2D eigenvalue weighted by atomic mass is 10.2. The predicted molar refractivity (Wildman–Crippen MR) is 59.7 cm³/mol. The summed E-state index contributed by atoms with van der Waals surface area (Å²) in [5.74, 6) is -2.87. The van der Waals surface area contributed by atoms with Gasteiger partial charge in [0.1, 0.15) is 12.2 Å². The number of rotatable bonds is 7. The van der Waals surface area contributed by atoms with Crippen LogP contribution in [0.25, 0.3) is 0 Å². The van der Waals surface area contributed by atoms with Crippen molar-refractivity contribution in [2.45, 2.75) is 25.6 Å². The molecule has 0 fully saturated rings. The van der Waals surface area contributed by atoms with E-state index in [-0.39, 0.29) is 13.1 Å². The Kier molecular flexibility index (Phi) is 4.94. The summed E-state index contributed by atoms with van der Waals surface area (Å²) in [6, 6.07) is -1.15. The lowest BCUT2D eigenvalue weighted by molar-refractivity contribution is -0.139. The molecule has 5 N–H and O–H groups in total. The monoisotopic (exact) mass is 271 g/mol. The van der Waals surface area contributed by atoms with Crippen molar-refractivity contribution < 1.29 is 24.6 Å². The number of carboxylic acids is 2. The number of nitrogens with one attached hydrogen (secondary N) is 1. The zero-order valence-corrected chi connectivity index (χ0v) is 9.81. The van der Waals surface area contributed by atoms with Crippen molar-refractivity contribution in [1.29, 1.82) is 0 Å². The first kappa shape index (κ1) is 14.6. The van der Waals surface area contributed by atoms with E-state index < -0.39 is 30.3 Å². The molecule has 1 aromatic heterocycles. The lowest BCUT2D eigenvalue weighted by Gasteiger charge is -2.08. The number of nitrogens with two attached hydrogens (primary N) is 1. The van der Waals surface area contributed by atoms with Crippen molar-refractivity contribution in [3.63, 3.8) is 0 Å². The molecule has 0 saturated heterocycles.